The molecule has 1 amide bonds. The second kappa shape index (κ2) is 8.24. The van der Waals surface area contributed by atoms with Gasteiger partial charge in [0.15, 0.2) is 12.3 Å². The minimum Gasteiger partial charge on any atom is -0.484 e. The average Bonchev–Trinajstić information content (AvgIpc) is 3.12. The van der Waals surface area contributed by atoms with E-state index in [1.807, 2.05) is 0 Å². The molecule has 0 saturated carbocycles. The highest BCUT2D eigenvalue weighted by Gasteiger charge is 2.13. The zero-order valence-electron chi connectivity index (χ0n) is 14.7. The van der Waals surface area contributed by atoms with Gasteiger partial charge in [0, 0.05) is 12.1 Å². The summed E-state index contributed by atoms with van der Waals surface area (Å²) in [5.41, 5.74) is -0.247. The average molecular weight is 383 g/mol. The molecule has 3 rings (SSSR count). The van der Waals surface area contributed by atoms with E-state index < -0.39 is 11.2 Å². The van der Waals surface area contributed by atoms with E-state index in [4.69, 9.17) is 16.3 Å². The molecule has 2 heterocycles. The van der Waals surface area contributed by atoms with Crippen LogP contribution in [0.15, 0.2) is 33.9 Å². The summed E-state index contributed by atoms with van der Waals surface area (Å²) >= 11 is 0. The van der Waals surface area contributed by atoms with E-state index in [0.717, 1.165) is 4.57 Å². The predicted molar refractivity (Wildman–Crippen MR) is 101 cm³/mol. The molecule has 2 aromatic heterocycles. The summed E-state index contributed by atoms with van der Waals surface area (Å²) in [5, 5.41) is 11.1. The van der Waals surface area contributed by atoms with Gasteiger partial charge in [-0.3, -0.25) is 14.6 Å². The molecule has 0 aliphatic rings. The topological polar surface area (TPSA) is 142 Å². The molecule has 1 aromatic carbocycles. The molecule has 10 heteroatoms. The van der Waals surface area contributed by atoms with Crippen molar-refractivity contribution in [1.82, 2.24) is 24.8 Å². The van der Waals surface area contributed by atoms with Crippen molar-refractivity contribution in [2.75, 3.05) is 19.8 Å². The lowest BCUT2D eigenvalue weighted by molar-refractivity contribution is -0.123. The van der Waals surface area contributed by atoms with E-state index in [9.17, 15) is 14.4 Å². The summed E-state index contributed by atoms with van der Waals surface area (Å²) in [6.45, 7) is -0.300. The number of terminal acetylenes is 1. The summed E-state index contributed by atoms with van der Waals surface area (Å²) in [7, 11) is 0. The van der Waals surface area contributed by atoms with Crippen LogP contribution in [0.1, 0.15) is 0 Å². The van der Waals surface area contributed by atoms with Gasteiger partial charge in [-0.2, -0.15) is 0 Å². The summed E-state index contributed by atoms with van der Waals surface area (Å²) in [5.74, 6) is 2.76. The number of ether oxygens (including phenoxy) is 1. The van der Waals surface area contributed by atoms with E-state index in [1.165, 1.54) is 0 Å². The maximum Gasteiger partial charge on any atom is 0.330 e. The molecule has 0 saturated heterocycles. The Morgan fingerprint density at radius 3 is 2.71 bits per heavy atom. The van der Waals surface area contributed by atoms with Crippen molar-refractivity contribution >= 4 is 17.1 Å². The number of H-pyrrole nitrogens is 2. The van der Waals surface area contributed by atoms with Crippen LogP contribution in [-0.4, -0.2) is 50.3 Å². The lowest BCUT2D eigenvalue weighted by Crippen LogP contribution is -2.34. The number of aromatic amines is 2. The highest BCUT2D eigenvalue weighted by Crippen LogP contribution is 2.21. The Morgan fingerprint density at radius 2 is 2.04 bits per heavy atom. The van der Waals surface area contributed by atoms with Crippen molar-refractivity contribution in [2.45, 2.75) is 6.54 Å². The minimum atomic E-state index is -0.628. The maximum atomic E-state index is 12.4. The van der Waals surface area contributed by atoms with E-state index in [0.29, 0.717) is 17.1 Å². The second-order valence-corrected chi connectivity index (χ2v) is 5.72. The minimum absolute atomic E-state index is 0.138. The van der Waals surface area contributed by atoms with E-state index >= 15 is 0 Å². The van der Waals surface area contributed by atoms with Crippen molar-refractivity contribution in [1.29, 1.82) is 0 Å². The Bertz CT molecular complexity index is 1150. The van der Waals surface area contributed by atoms with Crippen LogP contribution in [0.2, 0.25) is 0 Å². The van der Waals surface area contributed by atoms with Crippen LogP contribution in [0.4, 0.5) is 0 Å². The predicted octanol–water partition coefficient (Wildman–Crippen LogP) is -0.800. The molecule has 10 nitrogen and oxygen atoms in total. The Kier molecular flexibility index (Phi) is 5.57. The number of benzene rings is 1. The smallest absolute Gasteiger partial charge is 0.330 e. The zero-order valence-corrected chi connectivity index (χ0v) is 14.7. The Labute approximate surface area is 158 Å². The summed E-state index contributed by atoms with van der Waals surface area (Å²) < 4.78 is 6.25. The van der Waals surface area contributed by atoms with Crippen molar-refractivity contribution in [2.24, 2.45) is 0 Å². The van der Waals surface area contributed by atoms with E-state index in [-0.39, 0.29) is 43.4 Å². The first kappa shape index (κ1) is 18.9. The number of rotatable bonds is 7. The SMILES string of the molecule is C#CCn1c(=O)[nH]c2nc(-c3ccc(OCC(=O)NCCO)cc3)[nH]c2c1=O. The van der Waals surface area contributed by atoms with Gasteiger partial charge in [0.05, 0.1) is 13.2 Å². The molecular formula is C18H17N5O5. The third-order valence-corrected chi connectivity index (χ3v) is 3.81. The lowest BCUT2D eigenvalue weighted by Gasteiger charge is -2.07. The van der Waals surface area contributed by atoms with Gasteiger partial charge in [-0.05, 0) is 24.3 Å². The highest BCUT2D eigenvalue weighted by molar-refractivity contribution is 5.77. The summed E-state index contributed by atoms with van der Waals surface area (Å²) in [6, 6.07) is 6.66. The van der Waals surface area contributed by atoms with E-state index in [1.54, 1.807) is 24.3 Å². The molecule has 0 fully saturated rings. The van der Waals surface area contributed by atoms with Crippen LogP contribution < -0.4 is 21.3 Å². The second-order valence-electron chi connectivity index (χ2n) is 5.72. The molecule has 0 aliphatic carbocycles. The third kappa shape index (κ3) is 3.94. The third-order valence-electron chi connectivity index (χ3n) is 3.81. The van der Waals surface area contributed by atoms with Gasteiger partial charge in [0.1, 0.15) is 17.1 Å². The first-order chi connectivity index (χ1) is 13.5. The van der Waals surface area contributed by atoms with Crippen molar-refractivity contribution in [3.63, 3.8) is 0 Å². The zero-order chi connectivity index (χ0) is 20.1. The number of aliphatic hydroxyl groups is 1. The molecule has 3 aromatic rings. The molecule has 4 N–H and O–H groups in total. The number of hydrogen-bond acceptors (Lipinski definition) is 6. The summed E-state index contributed by atoms with van der Waals surface area (Å²) in [4.78, 5) is 45.4. The van der Waals surface area contributed by atoms with Gasteiger partial charge < -0.3 is 20.1 Å². The Morgan fingerprint density at radius 1 is 1.29 bits per heavy atom. The number of carbonyl (C=O) groups excluding carboxylic acids is 1. The van der Waals surface area contributed by atoms with Crippen LogP contribution in [0, 0.1) is 12.3 Å². The molecule has 0 unspecified atom stereocenters. The van der Waals surface area contributed by atoms with Gasteiger partial charge in [0.25, 0.3) is 11.5 Å². The van der Waals surface area contributed by atoms with Gasteiger partial charge >= 0.3 is 5.69 Å². The Hall–Kier alpha value is -3.84. The fraction of sp³-hybridized carbons (Fsp3) is 0.222. The number of amides is 1. The van der Waals surface area contributed by atoms with Gasteiger partial charge in [0.2, 0.25) is 0 Å². The fourth-order valence-corrected chi connectivity index (χ4v) is 2.49. The van der Waals surface area contributed by atoms with Gasteiger partial charge in [-0.25, -0.2) is 14.3 Å². The van der Waals surface area contributed by atoms with Crippen molar-refractivity contribution in [3.8, 4) is 29.5 Å². The molecule has 144 valence electrons. The molecule has 0 radical (unpaired) electrons. The van der Waals surface area contributed by atoms with Gasteiger partial charge in [-0.1, -0.05) is 5.92 Å². The number of nitrogens with one attached hydrogen (secondary N) is 3. The number of hydrogen-bond donors (Lipinski definition) is 4. The normalized spacial score (nSPS) is 10.6. The Balaban J connectivity index is 1.80. The first-order valence-corrected chi connectivity index (χ1v) is 8.30. The standard InChI is InChI=1S/C18H17N5O5/c1-2-8-23-17(26)14-16(22-18(23)27)21-15(20-14)11-3-5-12(6-4-11)28-10-13(25)19-7-9-24/h1,3-6,24H,7-10H2,(H,19,25)(H,20,21)(H,22,27). The van der Waals surface area contributed by atoms with Crippen LogP contribution >= 0.6 is 0 Å². The highest BCUT2D eigenvalue weighted by atomic mass is 16.5. The van der Waals surface area contributed by atoms with Crippen LogP contribution in [-0.2, 0) is 11.3 Å². The number of fused-ring (bicyclic) bond motifs is 1. The largest absolute Gasteiger partial charge is 0.484 e. The first-order valence-electron chi connectivity index (χ1n) is 8.30. The monoisotopic (exact) mass is 383 g/mol. The maximum absolute atomic E-state index is 12.4. The number of imidazole rings is 1. The molecule has 28 heavy (non-hydrogen) atoms. The molecule has 0 atom stereocenters. The number of aliphatic hydroxyl groups excluding tert-OH is 1. The quantitative estimate of drug-likeness (QED) is 0.394. The number of aromatic nitrogens is 4. The molecule has 0 bridgehead atoms. The number of carbonyl (C=O) groups is 1. The van der Waals surface area contributed by atoms with Crippen LogP contribution in [0.25, 0.3) is 22.6 Å². The lowest BCUT2D eigenvalue weighted by atomic mass is 10.2. The number of nitrogens with zero attached hydrogens (tertiary/aromatic N) is 2. The van der Waals surface area contributed by atoms with E-state index in [2.05, 4.69) is 26.2 Å². The van der Waals surface area contributed by atoms with Crippen LogP contribution in [0.5, 0.6) is 5.75 Å². The molecule has 0 spiro atoms. The molecule has 0 aliphatic heterocycles. The molecular weight excluding hydrogens is 366 g/mol. The van der Waals surface area contributed by atoms with Crippen molar-refractivity contribution in [3.05, 3.63) is 45.1 Å². The van der Waals surface area contributed by atoms with Crippen LogP contribution in [0.3, 0.4) is 0 Å². The van der Waals surface area contributed by atoms with Gasteiger partial charge in [-0.15, -0.1) is 6.42 Å². The summed E-state index contributed by atoms with van der Waals surface area (Å²) in [6.07, 6.45) is 5.18. The van der Waals surface area contributed by atoms with Crippen molar-refractivity contribution < 1.29 is 14.6 Å². The fourth-order valence-electron chi connectivity index (χ4n) is 2.49.